The molecule has 0 amide bonds. The first-order valence-corrected chi connectivity index (χ1v) is 0.582. The summed E-state index contributed by atoms with van der Waals surface area (Å²) in [5, 5.41) is 0. The van der Waals surface area contributed by atoms with E-state index in [2.05, 4.69) is 0 Å². The zero-order chi connectivity index (χ0) is 3.58. The van der Waals surface area contributed by atoms with E-state index in [4.69, 9.17) is 4.79 Å². The van der Waals surface area contributed by atoms with Gasteiger partial charge in [-0.1, -0.05) is 7.43 Å². The Kier molecular flexibility index (Phi) is 6.23. The molecule has 0 rings (SSSR count). The van der Waals surface area contributed by atoms with Crippen molar-refractivity contribution in [2.45, 2.75) is 7.43 Å². The van der Waals surface area contributed by atoms with Gasteiger partial charge < -0.3 is 0 Å². The fraction of sp³-hybridized carbons (Fsp3) is 0.500. The topological polar surface area (TPSA) is 17.1 Å². The third kappa shape index (κ3) is 37.4. The highest BCUT2D eigenvalue weighted by Crippen LogP contribution is 1.70. The standard InChI is InChI=1S/CF2O.CH4/c2-1(3)4;/h;1H4. The Morgan fingerprint density at radius 3 is 1.40 bits per heavy atom. The van der Waals surface area contributed by atoms with Gasteiger partial charge in [-0.3, -0.25) is 0 Å². The molecule has 0 spiro atoms. The van der Waals surface area contributed by atoms with Crippen LogP contribution in [0.4, 0.5) is 13.6 Å². The number of rotatable bonds is 0. The molecule has 0 aliphatic heterocycles. The maximum Gasteiger partial charge on any atom is 0.483 e. The zero-order valence-corrected chi connectivity index (χ0v) is 1.66. The second-order valence-corrected chi connectivity index (χ2v) is 0.226. The first-order valence-electron chi connectivity index (χ1n) is 0.582. The van der Waals surface area contributed by atoms with Crippen molar-refractivity contribution in [3.05, 3.63) is 0 Å². The van der Waals surface area contributed by atoms with Crippen LogP contribution in [-0.2, 0) is 0 Å². The second kappa shape index (κ2) is 3.53. The van der Waals surface area contributed by atoms with Gasteiger partial charge in [-0.25, -0.2) is 4.79 Å². The van der Waals surface area contributed by atoms with Crippen molar-refractivity contribution in [1.29, 1.82) is 0 Å². The van der Waals surface area contributed by atoms with E-state index in [1.54, 1.807) is 0 Å². The average Bonchev–Trinajstić information content (AvgIpc) is 0.811. The van der Waals surface area contributed by atoms with Crippen LogP contribution >= 0.6 is 0 Å². The molecule has 0 radical (unpaired) electrons. The van der Waals surface area contributed by atoms with Crippen molar-refractivity contribution in [3.63, 3.8) is 0 Å². The van der Waals surface area contributed by atoms with Gasteiger partial charge in [-0.15, -0.1) is 8.78 Å². The first kappa shape index (κ1) is 8.82. The largest absolute Gasteiger partial charge is 0.483 e. The lowest BCUT2D eigenvalue weighted by Gasteiger charge is -1.45. The summed E-state index contributed by atoms with van der Waals surface area (Å²) < 4.78 is 19.4. The predicted octanol–water partition coefficient (Wildman–Crippen LogP) is 1.68. The second-order valence-electron chi connectivity index (χ2n) is 0.226. The molecule has 0 aromatic heterocycles. The molecule has 0 aromatic carbocycles. The van der Waals surface area contributed by atoms with Crippen LogP contribution in [0.1, 0.15) is 7.43 Å². The van der Waals surface area contributed by atoms with Gasteiger partial charge in [0.15, 0.2) is 0 Å². The van der Waals surface area contributed by atoms with Gasteiger partial charge in [0.1, 0.15) is 0 Å². The van der Waals surface area contributed by atoms with E-state index in [-0.39, 0.29) is 7.43 Å². The van der Waals surface area contributed by atoms with Crippen LogP contribution in [0.15, 0.2) is 0 Å². The monoisotopic (exact) mass is 82.0 g/mol. The van der Waals surface area contributed by atoms with E-state index in [0.29, 0.717) is 0 Å². The number of halogens is 2. The van der Waals surface area contributed by atoms with E-state index >= 15 is 0 Å². The Labute approximate surface area is 28.6 Å². The molecule has 0 aliphatic carbocycles. The number of hydrogen-bond acceptors (Lipinski definition) is 1. The van der Waals surface area contributed by atoms with E-state index in [0.717, 1.165) is 0 Å². The molecule has 32 valence electrons. The van der Waals surface area contributed by atoms with Crippen molar-refractivity contribution in [2.24, 2.45) is 0 Å². The summed E-state index contributed by atoms with van der Waals surface area (Å²) in [6.45, 7) is 0. The minimum atomic E-state index is -2.83. The normalized spacial score (nSPS) is 5.20. The minimum Gasteiger partial charge on any atom is -0.219 e. The molecule has 0 fully saturated rings. The van der Waals surface area contributed by atoms with Crippen molar-refractivity contribution >= 4 is 6.29 Å². The summed E-state index contributed by atoms with van der Waals surface area (Å²) in [5.74, 6) is 0. The molecule has 0 heterocycles. The Balaban J connectivity index is 0. The summed E-state index contributed by atoms with van der Waals surface area (Å²) in [4.78, 5) is 8.11. The number of carbonyl (C=O) groups is 1. The molecule has 0 N–H and O–H groups in total. The van der Waals surface area contributed by atoms with Gasteiger partial charge in [0.2, 0.25) is 0 Å². The van der Waals surface area contributed by atoms with Gasteiger partial charge >= 0.3 is 6.29 Å². The van der Waals surface area contributed by atoms with Crippen molar-refractivity contribution in [1.82, 2.24) is 0 Å². The third-order valence-corrected chi connectivity index (χ3v) is 0. The fourth-order valence-corrected chi connectivity index (χ4v) is 0. The summed E-state index contributed by atoms with van der Waals surface area (Å²) in [6.07, 6.45) is -2.83. The van der Waals surface area contributed by atoms with Gasteiger partial charge in [-0.2, -0.15) is 0 Å². The molecule has 0 saturated heterocycles. The molecule has 1 nitrogen and oxygen atoms in total. The lowest BCUT2D eigenvalue weighted by atomic mass is 11.6. The molecule has 0 saturated carbocycles. The lowest BCUT2D eigenvalue weighted by molar-refractivity contribution is 0.199. The van der Waals surface area contributed by atoms with Crippen LogP contribution in [0.3, 0.4) is 0 Å². The predicted molar refractivity (Wildman–Crippen MR) is 14.3 cm³/mol. The lowest BCUT2D eigenvalue weighted by Crippen LogP contribution is -1.54. The maximum atomic E-state index is 9.69. The number of carbonyl (C=O) groups excluding carboxylic acids is 1. The Hall–Kier alpha value is -0.470. The Morgan fingerprint density at radius 2 is 1.40 bits per heavy atom. The molecule has 0 atom stereocenters. The van der Waals surface area contributed by atoms with Gasteiger partial charge in [0, 0.05) is 0 Å². The van der Waals surface area contributed by atoms with E-state index in [9.17, 15) is 8.78 Å². The summed E-state index contributed by atoms with van der Waals surface area (Å²) in [6, 6.07) is 0. The van der Waals surface area contributed by atoms with Crippen LogP contribution in [0, 0.1) is 0 Å². The third-order valence-electron chi connectivity index (χ3n) is 0. The van der Waals surface area contributed by atoms with Crippen LogP contribution in [0.2, 0.25) is 0 Å². The molecule has 0 aliphatic rings. The van der Waals surface area contributed by atoms with Gasteiger partial charge in [-0.05, 0) is 0 Å². The number of hydrogen-bond donors (Lipinski definition) is 0. The van der Waals surface area contributed by atoms with Crippen molar-refractivity contribution < 1.29 is 13.6 Å². The highest BCUT2D eigenvalue weighted by molar-refractivity contribution is 5.55. The van der Waals surface area contributed by atoms with Crippen LogP contribution in [0.25, 0.3) is 0 Å². The summed E-state index contributed by atoms with van der Waals surface area (Å²) in [5.41, 5.74) is 0. The molecule has 0 unspecified atom stereocenters. The molecular weight excluding hydrogens is 78.0 g/mol. The van der Waals surface area contributed by atoms with E-state index in [1.165, 1.54) is 0 Å². The van der Waals surface area contributed by atoms with Crippen molar-refractivity contribution in [2.75, 3.05) is 0 Å². The van der Waals surface area contributed by atoms with E-state index in [1.807, 2.05) is 0 Å². The van der Waals surface area contributed by atoms with Crippen molar-refractivity contribution in [3.8, 4) is 0 Å². The SMILES string of the molecule is C.O=C(F)F. The summed E-state index contributed by atoms with van der Waals surface area (Å²) >= 11 is 0. The zero-order valence-electron chi connectivity index (χ0n) is 1.66. The molecule has 0 aromatic rings. The molecule has 5 heavy (non-hydrogen) atoms. The molecule has 0 bridgehead atoms. The highest BCUT2D eigenvalue weighted by Gasteiger charge is 1.78. The minimum absolute atomic E-state index is 0. The quantitative estimate of drug-likeness (QED) is 0.406. The van der Waals surface area contributed by atoms with Crippen LogP contribution < -0.4 is 0 Å². The Morgan fingerprint density at radius 1 is 1.40 bits per heavy atom. The maximum absolute atomic E-state index is 9.69. The van der Waals surface area contributed by atoms with Crippen LogP contribution in [0.5, 0.6) is 0 Å². The summed E-state index contributed by atoms with van der Waals surface area (Å²) in [7, 11) is 0. The van der Waals surface area contributed by atoms with Gasteiger partial charge in [0.25, 0.3) is 0 Å². The molecular formula is C2H4F2O. The fourth-order valence-electron chi connectivity index (χ4n) is 0. The highest BCUT2D eigenvalue weighted by atomic mass is 19.3. The average molecular weight is 82.0 g/mol. The Bertz CT molecular complexity index is 30.6. The van der Waals surface area contributed by atoms with E-state index < -0.39 is 6.29 Å². The molecule has 3 heteroatoms. The smallest absolute Gasteiger partial charge is 0.219 e. The first-order chi connectivity index (χ1) is 1.73. The van der Waals surface area contributed by atoms with Crippen LogP contribution in [-0.4, -0.2) is 6.29 Å². The van der Waals surface area contributed by atoms with Gasteiger partial charge in [0.05, 0.1) is 0 Å².